The molecule has 1 atom stereocenters. The quantitative estimate of drug-likeness (QED) is 0.896. The molecule has 0 radical (unpaired) electrons. The highest BCUT2D eigenvalue weighted by molar-refractivity contribution is 5.97. The molecule has 2 aromatic carbocycles. The summed E-state index contributed by atoms with van der Waals surface area (Å²) in [5.74, 6) is -0.150. The SMILES string of the molecule is Cc1cccc(C)c1C(=O)N[C@H](CO)c1ccccc1. The Hall–Kier alpha value is -2.13. The van der Waals surface area contributed by atoms with Crippen molar-refractivity contribution in [2.45, 2.75) is 19.9 Å². The van der Waals surface area contributed by atoms with Crippen molar-refractivity contribution >= 4 is 5.91 Å². The molecule has 0 aliphatic heterocycles. The molecule has 0 unspecified atom stereocenters. The molecule has 0 heterocycles. The van der Waals surface area contributed by atoms with Crippen molar-refractivity contribution in [1.82, 2.24) is 5.32 Å². The smallest absolute Gasteiger partial charge is 0.252 e. The zero-order valence-electron chi connectivity index (χ0n) is 11.8. The predicted octanol–water partition coefficient (Wildman–Crippen LogP) is 2.77. The van der Waals surface area contributed by atoms with E-state index in [1.54, 1.807) is 0 Å². The van der Waals surface area contributed by atoms with Crippen molar-refractivity contribution in [1.29, 1.82) is 0 Å². The van der Waals surface area contributed by atoms with Crippen molar-refractivity contribution < 1.29 is 9.90 Å². The number of benzene rings is 2. The molecule has 0 aliphatic rings. The van der Waals surface area contributed by atoms with Gasteiger partial charge in [0.15, 0.2) is 0 Å². The van der Waals surface area contributed by atoms with Crippen LogP contribution in [0.4, 0.5) is 0 Å². The number of aryl methyl sites for hydroxylation is 2. The number of carbonyl (C=O) groups is 1. The molecule has 0 spiro atoms. The van der Waals surface area contributed by atoms with Gasteiger partial charge in [-0.1, -0.05) is 48.5 Å². The third-order valence-corrected chi connectivity index (χ3v) is 3.40. The molecule has 0 saturated heterocycles. The second kappa shape index (κ2) is 6.35. The van der Waals surface area contributed by atoms with Crippen molar-refractivity contribution in [2.24, 2.45) is 0 Å². The molecule has 2 rings (SSSR count). The van der Waals surface area contributed by atoms with Gasteiger partial charge in [-0.25, -0.2) is 0 Å². The highest BCUT2D eigenvalue weighted by atomic mass is 16.3. The number of nitrogens with one attached hydrogen (secondary N) is 1. The summed E-state index contributed by atoms with van der Waals surface area (Å²) < 4.78 is 0. The number of carbonyl (C=O) groups excluding carboxylic acids is 1. The Morgan fingerprint density at radius 1 is 1.05 bits per heavy atom. The topological polar surface area (TPSA) is 49.3 Å². The van der Waals surface area contributed by atoms with Gasteiger partial charge in [0.2, 0.25) is 0 Å². The molecule has 0 saturated carbocycles. The van der Waals surface area contributed by atoms with Gasteiger partial charge in [0.25, 0.3) is 5.91 Å². The summed E-state index contributed by atoms with van der Waals surface area (Å²) in [4.78, 5) is 12.4. The van der Waals surface area contributed by atoms with Crippen LogP contribution in [0.25, 0.3) is 0 Å². The van der Waals surface area contributed by atoms with Crippen LogP contribution in [0, 0.1) is 13.8 Å². The van der Waals surface area contributed by atoms with Gasteiger partial charge in [0.05, 0.1) is 12.6 Å². The van der Waals surface area contributed by atoms with Crippen LogP contribution in [-0.2, 0) is 0 Å². The first-order chi connectivity index (χ1) is 9.63. The Kier molecular flexibility index (Phi) is 4.53. The third kappa shape index (κ3) is 3.06. The average Bonchev–Trinajstić information content (AvgIpc) is 2.45. The first-order valence-electron chi connectivity index (χ1n) is 6.66. The predicted molar refractivity (Wildman–Crippen MR) is 79.7 cm³/mol. The Bertz CT molecular complexity index is 573. The number of aliphatic hydroxyl groups is 1. The molecule has 0 fully saturated rings. The Morgan fingerprint density at radius 2 is 1.65 bits per heavy atom. The lowest BCUT2D eigenvalue weighted by Crippen LogP contribution is -2.31. The van der Waals surface area contributed by atoms with Gasteiger partial charge in [-0.2, -0.15) is 0 Å². The molecule has 1 amide bonds. The van der Waals surface area contributed by atoms with Crippen molar-refractivity contribution in [3.05, 3.63) is 70.8 Å². The molecular weight excluding hydrogens is 250 g/mol. The summed E-state index contributed by atoms with van der Waals surface area (Å²) in [5.41, 5.74) is 3.45. The molecule has 0 aliphatic carbocycles. The van der Waals surface area contributed by atoms with Gasteiger partial charge in [-0.05, 0) is 30.5 Å². The fourth-order valence-electron chi connectivity index (χ4n) is 2.32. The maximum absolute atomic E-state index is 12.4. The third-order valence-electron chi connectivity index (χ3n) is 3.40. The summed E-state index contributed by atoms with van der Waals surface area (Å²) in [7, 11) is 0. The largest absolute Gasteiger partial charge is 0.394 e. The number of rotatable bonds is 4. The Labute approximate surface area is 119 Å². The van der Waals surface area contributed by atoms with Gasteiger partial charge in [0, 0.05) is 5.56 Å². The molecule has 0 bridgehead atoms. The maximum atomic E-state index is 12.4. The van der Waals surface area contributed by atoms with Crippen molar-refractivity contribution in [2.75, 3.05) is 6.61 Å². The van der Waals surface area contributed by atoms with Gasteiger partial charge in [-0.15, -0.1) is 0 Å². The molecule has 2 N–H and O–H groups in total. The lowest BCUT2D eigenvalue weighted by molar-refractivity contribution is 0.0915. The minimum atomic E-state index is -0.386. The van der Waals surface area contributed by atoms with Crippen LogP contribution in [0.5, 0.6) is 0 Å². The Balaban J connectivity index is 2.22. The molecule has 3 nitrogen and oxygen atoms in total. The van der Waals surface area contributed by atoms with Gasteiger partial charge < -0.3 is 10.4 Å². The number of hydrogen-bond acceptors (Lipinski definition) is 2. The number of aliphatic hydroxyl groups excluding tert-OH is 1. The molecule has 3 heteroatoms. The number of amides is 1. The van der Waals surface area contributed by atoms with Crippen LogP contribution in [0.2, 0.25) is 0 Å². The summed E-state index contributed by atoms with van der Waals surface area (Å²) in [6.45, 7) is 3.71. The normalized spacial score (nSPS) is 11.9. The lowest BCUT2D eigenvalue weighted by Gasteiger charge is -2.18. The standard InChI is InChI=1S/C17H19NO2/c1-12-7-6-8-13(2)16(12)17(20)18-15(11-19)14-9-4-3-5-10-14/h3-10,15,19H,11H2,1-2H3,(H,18,20)/t15-/m1/s1. The second-order valence-electron chi connectivity index (χ2n) is 4.89. The van der Waals surface area contributed by atoms with E-state index in [1.165, 1.54) is 0 Å². The maximum Gasteiger partial charge on any atom is 0.252 e. The van der Waals surface area contributed by atoms with E-state index in [4.69, 9.17) is 0 Å². The molecule has 20 heavy (non-hydrogen) atoms. The van der Waals surface area contributed by atoms with E-state index in [9.17, 15) is 9.90 Å². The lowest BCUT2D eigenvalue weighted by atomic mass is 10.0. The van der Waals surface area contributed by atoms with Crippen molar-refractivity contribution in [3.63, 3.8) is 0 Å². The summed E-state index contributed by atoms with van der Waals surface area (Å²) >= 11 is 0. The fourth-order valence-corrected chi connectivity index (χ4v) is 2.32. The van der Waals surface area contributed by atoms with E-state index in [0.717, 1.165) is 16.7 Å². The highest BCUT2D eigenvalue weighted by Crippen LogP contribution is 2.16. The summed E-state index contributed by atoms with van der Waals surface area (Å²) in [6.07, 6.45) is 0. The van der Waals surface area contributed by atoms with Crippen LogP contribution in [0.3, 0.4) is 0 Å². The second-order valence-corrected chi connectivity index (χ2v) is 4.89. The van der Waals surface area contributed by atoms with E-state index < -0.39 is 0 Å². The zero-order chi connectivity index (χ0) is 14.5. The van der Waals surface area contributed by atoms with Crippen LogP contribution < -0.4 is 5.32 Å². The van der Waals surface area contributed by atoms with Crippen LogP contribution in [-0.4, -0.2) is 17.6 Å². The Morgan fingerprint density at radius 3 is 2.20 bits per heavy atom. The minimum Gasteiger partial charge on any atom is -0.394 e. The highest BCUT2D eigenvalue weighted by Gasteiger charge is 2.17. The summed E-state index contributed by atoms with van der Waals surface area (Å²) in [5, 5.41) is 12.4. The first-order valence-corrected chi connectivity index (χ1v) is 6.66. The fraction of sp³-hybridized carbons (Fsp3) is 0.235. The van der Waals surface area contributed by atoms with Crippen molar-refractivity contribution in [3.8, 4) is 0 Å². The molecular formula is C17H19NO2. The van der Waals surface area contributed by atoms with E-state index >= 15 is 0 Å². The minimum absolute atomic E-state index is 0.124. The van der Waals surface area contributed by atoms with Gasteiger partial charge in [-0.3, -0.25) is 4.79 Å². The average molecular weight is 269 g/mol. The molecule has 0 aromatic heterocycles. The molecule has 104 valence electrons. The summed E-state index contributed by atoms with van der Waals surface area (Å²) in [6, 6.07) is 14.9. The first kappa shape index (κ1) is 14.3. The van der Waals surface area contributed by atoms with Gasteiger partial charge in [0.1, 0.15) is 0 Å². The monoisotopic (exact) mass is 269 g/mol. The zero-order valence-corrected chi connectivity index (χ0v) is 11.8. The van der Waals surface area contributed by atoms with E-state index in [0.29, 0.717) is 5.56 Å². The number of hydrogen-bond donors (Lipinski definition) is 2. The van der Waals surface area contributed by atoms with E-state index in [1.807, 2.05) is 62.4 Å². The van der Waals surface area contributed by atoms with Crippen LogP contribution >= 0.6 is 0 Å². The van der Waals surface area contributed by atoms with E-state index in [-0.39, 0.29) is 18.6 Å². The van der Waals surface area contributed by atoms with Crippen LogP contribution in [0.1, 0.15) is 33.1 Å². The van der Waals surface area contributed by atoms with E-state index in [2.05, 4.69) is 5.32 Å². The van der Waals surface area contributed by atoms with Crippen LogP contribution in [0.15, 0.2) is 48.5 Å². The van der Waals surface area contributed by atoms with Gasteiger partial charge >= 0.3 is 0 Å². The molecule has 2 aromatic rings.